The van der Waals surface area contributed by atoms with Crippen molar-refractivity contribution in [2.24, 2.45) is 0 Å². The predicted molar refractivity (Wildman–Crippen MR) is 78.4 cm³/mol. The zero-order valence-corrected chi connectivity index (χ0v) is 12.6. The van der Waals surface area contributed by atoms with E-state index in [1.807, 2.05) is 32.9 Å². The second kappa shape index (κ2) is 5.76. The molecule has 2 N–H and O–H groups in total. The summed E-state index contributed by atoms with van der Waals surface area (Å²) in [7, 11) is 0. The predicted octanol–water partition coefficient (Wildman–Crippen LogP) is 2.39. The van der Waals surface area contributed by atoms with Crippen LogP contribution in [0.2, 0.25) is 5.02 Å². The Morgan fingerprint density at radius 3 is 2.85 bits per heavy atom. The molecular formula is C13H18ClN5O. The van der Waals surface area contributed by atoms with Crippen LogP contribution in [0.3, 0.4) is 0 Å². The number of benzene rings is 1. The van der Waals surface area contributed by atoms with E-state index in [9.17, 15) is 0 Å². The Morgan fingerprint density at radius 1 is 1.40 bits per heavy atom. The fourth-order valence-electron chi connectivity index (χ4n) is 2.02. The number of nitrogen functional groups attached to an aromatic ring is 1. The molecule has 0 atom stereocenters. The zero-order chi connectivity index (χ0) is 14.8. The summed E-state index contributed by atoms with van der Waals surface area (Å²) in [6, 6.07) is 5.40. The minimum absolute atomic E-state index is 0.369. The molecule has 2 rings (SSSR count). The lowest BCUT2D eigenvalue weighted by Crippen LogP contribution is -2.31. The van der Waals surface area contributed by atoms with Crippen molar-refractivity contribution in [3.63, 3.8) is 0 Å². The van der Waals surface area contributed by atoms with E-state index in [4.69, 9.17) is 22.1 Å². The molecule has 0 aliphatic heterocycles. The second-order valence-corrected chi connectivity index (χ2v) is 5.44. The number of aromatic nitrogens is 4. The van der Waals surface area contributed by atoms with Gasteiger partial charge >= 0.3 is 0 Å². The number of anilines is 1. The number of hydrogen-bond acceptors (Lipinski definition) is 5. The van der Waals surface area contributed by atoms with Crippen molar-refractivity contribution in [2.45, 2.75) is 32.9 Å². The zero-order valence-electron chi connectivity index (χ0n) is 11.8. The van der Waals surface area contributed by atoms with Gasteiger partial charge in [-0.3, -0.25) is 0 Å². The summed E-state index contributed by atoms with van der Waals surface area (Å²) >= 11 is 6.22. The third kappa shape index (κ3) is 3.08. The van der Waals surface area contributed by atoms with Gasteiger partial charge in [-0.05, 0) is 43.3 Å². The summed E-state index contributed by atoms with van der Waals surface area (Å²) in [6.07, 6.45) is 0. The highest BCUT2D eigenvalue weighted by atomic mass is 35.5. The van der Waals surface area contributed by atoms with Crippen molar-refractivity contribution < 1.29 is 4.74 Å². The highest BCUT2D eigenvalue weighted by Crippen LogP contribution is 2.31. The maximum absolute atomic E-state index is 6.22. The van der Waals surface area contributed by atoms with Gasteiger partial charge in [0.15, 0.2) is 5.82 Å². The van der Waals surface area contributed by atoms with Gasteiger partial charge in [0, 0.05) is 12.2 Å². The first-order chi connectivity index (χ1) is 9.44. The molecule has 7 heteroatoms. The van der Waals surface area contributed by atoms with E-state index in [1.54, 1.807) is 10.7 Å². The first-order valence-corrected chi connectivity index (χ1v) is 6.77. The SMILES string of the molecule is CCOC(C)(C)Cn1nnnc1-c1cccc(N)c1Cl. The molecule has 0 amide bonds. The highest BCUT2D eigenvalue weighted by Gasteiger charge is 2.23. The third-order valence-electron chi connectivity index (χ3n) is 2.87. The van der Waals surface area contributed by atoms with E-state index in [1.165, 1.54) is 0 Å². The quantitative estimate of drug-likeness (QED) is 0.857. The summed E-state index contributed by atoms with van der Waals surface area (Å²) in [6.45, 7) is 7.08. The van der Waals surface area contributed by atoms with Crippen molar-refractivity contribution in [2.75, 3.05) is 12.3 Å². The number of nitrogens with zero attached hydrogens (tertiary/aromatic N) is 4. The molecule has 20 heavy (non-hydrogen) atoms. The van der Waals surface area contributed by atoms with Crippen LogP contribution >= 0.6 is 11.6 Å². The minimum Gasteiger partial charge on any atom is -0.398 e. The van der Waals surface area contributed by atoms with Crippen LogP contribution in [0.15, 0.2) is 18.2 Å². The van der Waals surface area contributed by atoms with Crippen LogP contribution in [0.4, 0.5) is 5.69 Å². The van der Waals surface area contributed by atoms with E-state index in [0.29, 0.717) is 35.2 Å². The number of rotatable bonds is 5. The van der Waals surface area contributed by atoms with E-state index < -0.39 is 0 Å². The van der Waals surface area contributed by atoms with Crippen molar-refractivity contribution >= 4 is 17.3 Å². The molecule has 0 radical (unpaired) electrons. The molecule has 0 unspecified atom stereocenters. The Morgan fingerprint density at radius 2 is 2.15 bits per heavy atom. The molecule has 0 aliphatic rings. The van der Waals surface area contributed by atoms with Crippen molar-refractivity contribution in [1.82, 2.24) is 20.2 Å². The topological polar surface area (TPSA) is 78.8 Å². The number of hydrogen-bond donors (Lipinski definition) is 1. The molecule has 1 aromatic heterocycles. The van der Waals surface area contributed by atoms with Crippen LogP contribution in [-0.2, 0) is 11.3 Å². The highest BCUT2D eigenvalue weighted by molar-refractivity contribution is 6.35. The molecule has 2 aromatic rings. The molecule has 0 fully saturated rings. The van der Waals surface area contributed by atoms with E-state index in [0.717, 1.165) is 0 Å². The van der Waals surface area contributed by atoms with Gasteiger partial charge in [-0.15, -0.1) is 5.10 Å². The Labute approximate surface area is 122 Å². The molecule has 0 aliphatic carbocycles. The van der Waals surface area contributed by atoms with Crippen molar-refractivity contribution in [1.29, 1.82) is 0 Å². The van der Waals surface area contributed by atoms with Gasteiger partial charge in [-0.25, -0.2) is 4.68 Å². The summed E-state index contributed by atoms with van der Waals surface area (Å²) < 4.78 is 7.35. The molecule has 0 saturated carbocycles. The van der Waals surface area contributed by atoms with Crippen LogP contribution in [0.1, 0.15) is 20.8 Å². The first kappa shape index (κ1) is 14.7. The molecular weight excluding hydrogens is 278 g/mol. The lowest BCUT2D eigenvalue weighted by atomic mass is 10.1. The van der Waals surface area contributed by atoms with Gasteiger partial charge in [-0.2, -0.15) is 0 Å². The molecule has 0 bridgehead atoms. The summed E-state index contributed by atoms with van der Waals surface area (Å²) in [5, 5.41) is 12.2. The second-order valence-electron chi connectivity index (χ2n) is 5.06. The maximum atomic E-state index is 6.22. The number of halogens is 1. The van der Waals surface area contributed by atoms with Gasteiger partial charge in [0.1, 0.15) is 0 Å². The fourth-order valence-corrected chi connectivity index (χ4v) is 2.23. The Hall–Kier alpha value is -1.66. The number of tetrazole rings is 1. The Kier molecular flexibility index (Phi) is 4.25. The lowest BCUT2D eigenvalue weighted by molar-refractivity contribution is -0.0246. The van der Waals surface area contributed by atoms with Gasteiger partial charge in [0.2, 0.25) is 0 Å². The van der Waals surface area contributed by atoms with E-state index >= 15 is 0 Å². The number of nitrogens with two attached hydrogens (primary N) is 1. The van der Waals surface area contributed by atoms with Crippen LogP contribution in [0, 0.1) is 0 Å². The normalized spacial score (nSPS) is 11.8. The van der Waals surface area contributed by atoms with Gasteiger partial charge in [0.05, 0.1) is 22.9 Å². The molecule has 6 nitrogen and oxygen atoms in total. The van der Waals surface area contributed by atoms with E-state index in [-0.39, 0.29) is 5.60 Å². The lowest BCUT2D eigenvalue weighted by Gasteiger charge is -2.24. The van der Waals surface area contributed by atoms with Gasteiger partial charge in [0.25, 0.3) is 0 Å². The maximum Gasteiger partial charge on any atom is 0.183 e. The Bertz CT molecular complexity index is 596. The van der Waals surface area contributed by atoms with Crippen molar-refractivity contribution in [3.05, 3.63) is 23.2 Å². The standard InChI is InChI=1S/C13H18ClN5O/c1-4-20-13(2,3)8-19-12(16-17-18-19)9-6-5-7-10(15)11(9)14/h5-7H,4,8,15H2,1-3H3. The van der Waals surface area contributed by atoms with Crippen molar-refractivity contribution in [3.8, 4) is 11.4 Å². The molecule has 108 valence electrons. The minimum atomic E-state index is -0.369. The van der Waals surface area contributed by atoms with Gasteiger partial charge in [-0.1, -0.05) is 17.7 Å². The third-order valence-corrected chi connectivity index (χ3v) is 3.29. The average Bonchev–Trinajstić information content (AvgIpc) is 2.79. The summed E-state index contributed by atoms with van der Waals surface area (Å²) in [5.41, 5.74) is 6.66. The fraction of sp³-hybridized carbons (Fsp3) is 0.462. The van der Waals surface area contributed by atoms with Crippen LogP contribution in [0.25, 0.3) is 11.4 Å². The van der Waals surface area contributed by atoms with E-state index in [2.05, 4.69) is 15.5 Å². The molecule has 0 saturated heterocycles. The molecule has 1 aromatic carbocycles. The first-order valence-electron chi connectivity index (χ1n) is 6.39. The smallest absolute Gasteiger partial charge is 0.183 e. The largest absolute Gasteiger partial charge is 0.398 e. The van der Waals surface area contributed by atoms with Crippen LogP contribution in [0.5, 0.6) is 0 Å². The summed E-state index contributed by atoms with van der Waals surface area (Å²) in [4.78, 5) is 0. The van der Waals surface area contributed by atoms with Gasteiger partial charge < -0.3 is 10.5 Å². The Balaban J connectivity index is 2.36. The average molecular weight is 296 g/mol. The molecule has 1 heterocycles. The monoisotopic (exact) mass is 295 g/mol. The molecule has 0 spiro atoms. The number of ether oxygens (including phenoxy) is 1. The van der Waals surface area contributed by atoms with Crippen LogP contribution < -0.4 is 5.73 Å². The van der Waals surface area contributed by atoms with Crippen LogP contribution in [-0.4, -0.2) is 32.4 Å². The summed E-state index contributed by atoms with van der Waals surface area (Å²) in [5.74, 6) is 0.579.